The van der Waals surface area contributed by atoms with E-state index in [9.17, 15) is 19.2 Å². The first-order chi connectivity index (χ1) is 28.3. The number of pyridine rings is 1. The fourth-order valence-electron chi connectivity index (χ4n) is 8.67. The van der Waals surface area contributed by atoms with Crippen LogP contribution in [-0.4, -0.2) is 87.0 Å². The van der Waals surface area contributed by atoms with Crippen LogP contribution in [0.3, 0.4) is 0 Å². The maximum Gasteiger partial charge on any atom is 0.255 e. The molecule has 13 nitrogen and oxygen atoms in total. The van der Waals surface area contributed by atoms with E-state index in [1.165, 1.54) is 4.90 Å². The van der Waals surface area contributed by atoms with Gasteiger partial charge in [0.05, 0.1) is 43.4 Å². The van der Waals surface area contributed by atoms with Gasteiger partial charge in [-0.3, -0.25) is 29.5 Å². The van der Waals surface area contributed by atoms with Crippen LogP contribution >= 0.6 is 0 Å². The Morgan fingerprint density at radius 3 is 2.47 bits per heavy atom. The summed E-state index contributed by atoms with van der Waals surface area (Å²) in [5, 5.41) is 4.43. The monoisotopic (exact) mass is 782 g/mol. The van der Waals surface area contributed by atoms with Crippen LogP contribution in [0.15, 0.2) is 72.9 Å². The van der Waals surface area contributed by atoms with Crippen LogP contribution in [0.25, 0.3) is 33.3 Å². The molecular weight excluding hydrogens is 737 g/mol. The molecule has 58 heavy (non-hydrogen) atoms. The third kappa shape index (κ3) is 7.30. The molecule has 2 aromatic heterocycles. The first-order valence-electron chi connectivity index (χ1n) is 20.3. The second kappa shape index (κ2) is 16.0. The fourth-order valence-corrected chi connectivity index (χ4v) is 8.67. The Balaban J connectivity index is 0.816. The summed E-state index contributed by atoms with van der Waals surface area (Å²) in [5.41, 5.74) is 6.19. The van der Waals surface area contributed by atoms with Crippen molar-refractivity contribution in [2.75, 3.05) is 33.0 Å². The Labute approximate surface area is 336 Å². The Bertz CT molecular complexity index is 2400. The number of nitrogens with zero attached hydrogens (tertiary/aromatic N) is 5. The summed E-state index contributed by atoms with van der Waals surface area (Å²) in [6.45, 7) is 6.34. The smallest absolute Gasteiger partial charge is 0.255 e. The van der Waals surface area contributed by atoms with Crippen molar-refractivity contribution in [3.8, 4) is 34.0 Å². The van der Waals surface area contributed by atoms with E-state index < -0.39 is 11.9 Å². The van der Waals surface area contributed by atoms with Crippen molar-refractivity contribution in [1.29, 1.82) is 0 Å². The molecule has 1 N–H and O–H groups in total. The number of hydrogen-bond donors (Lipinski definition) is 1. The number of amides is 4. The Kier molecular flexibility index (Phi) is 10.4. The van der Waals surface area contributed by atoms with Crippen LogP contribution in [-0.2, 0) is 38.8 Å². The van der Waals surface area contributed by atoms with Gasteiger partial charge in [-0.15, -0.1) is 0 Å². The molecule has 13 heteroatoms. The van der Waals surface area contributed by atoms with Gasteiger partial charge >= 0.3 is 0 Å². The van der Waals surface area contributed by atoms with E-state index in [0.29, 0.717) is 50.0 Å². The van der Waals surface area contributed by atoms with Crippen LogP contribution in [0.1, 0.15) is 78.8 Å². The summed E-state index contributed by atoms with van der Waals surface area (Å²) in [4.78, 5) is 63.2. The summed E-state index contributed by atoms with van der Waals surface area (Å²) in [6.07, 6.45) is 5.90. The number of imidazole rings is 1. The number of carbonyl (C=O) groups excluding carboxylic acids is 4. The quantitative estimate of drug-likeness (QED) is 0.126. The molecule has 298 valence electrons. The lowest BCUT2D eigenvalue weighted by atomic mass is 9.99. The van der Waals surface area contributed by atoms with Gasteiger partial charge in [0.25, 0.3) is 5.91 Å². The van der Waals surface area contributed by atoms with E-state index in [1.54, 1.807) is 19.1 Å². The van der Waals surface area contributed by atoms with E-state index in [1.807, 2.05) is 41.4 Å². The molecule has 9 rings (SSSR count). The molecule has 6 heterocycles. The number of piperidine rings is 1. The number of imide groups is 1. The van der Waals surface area contributed by atoms with Crippen LogP contribution in [0.2, 0.25) is 0 Å². The minimum atomic E-state index is -0.660. The summed E-state index contributed by atoms with van der Waals surface area (Å²) in [5.74, 6) is 1.97. The number of ether oxygens (including phenoxy) is 3. The molecule has 3 aromatic carbocycles. The second-order valence-electron chi connectivity index (χ2n) is 15.5. The summed E-state index contributed by atoms with van der Waals surface area (Å²) < 4.78 is 20.2. The lowest BCUT2D eigenvalue weighted by Gasteiger charge is -2.30. The van der Waals surface area contributed by atoms with Gasteiger partial charge in [-0.25, -0.2) is 4.98 Å². The Morgan fingerprint density at radius 1 is 0.897 bits per heavy atom. The van der Waals surface area contributed by atoms with Crippen molar-refractivity contribution in [1.82, 2.24) is 29.7 Å². The zero-order valence-electron chi connectivity index (χ0n) is 32.6. The van der Waals surface area contributed by atoms with Gasteiger partial charge < -0.3 is 28.6 Å². The molecule has 4 aliphatic rings. The van der Waals surface area contributed by atoms with Gasteiger partial charge in [-0.1, -0.05) is 24.3 Å². The zero-order valence-corrected chi connectivity index (χ0v) is 32.6. The van der Waals surface area contributed by atoms with Crippen molar-refractivity contribution in [3.63, 3.8) is 0 Å². The van der Waals surface area contributed by atoms with Gasteiger partial charge in [0.15, 0.2) is 0 Å². The van der Waals surface area contributed by atoms with Crippen LogP contribution < -0.4 is 14.8 Å². The highest BCUT2D eigenvalue weighted by Gasteiger charge is 2.40. The highest BCUT2D eigenvalue weighted by atomic mass is 16.5. The lowest BCUT2D eigenvalue weighted by Crippen LogP contribution is -2.52. The van der Waals surface area contributed by atoms with Crippen molar-refractivity contribution >= 4 is 34.4 Å². The van der Waals surface area contributed by atoms with E-state index >= 15 is 0 Å². The molecule has 0 spiro atoms. The normalized spacial score (nSPS) is 18.3. The third-order valence-corrected chi connectivity index (χ3v) is 11.8. The van der Waals surface area contributed by atoms with Crippen LogP contribution in [0.5, 0.6) is 11.5 Å². The maximum absolute atomic E-state index is 13.1. The average Bonchev–Trinajstić information content (AvgIpc) is 3.80. The highest BCUT2D eigenvalue weighted by molar-refractivity contribution is 6.05. The van der Waals surface area contributed by atoms with Crippen molar-refractivity contribution < 1.29 is 33.4 Å². The van der Waals surface area contributed by atoms with Gasteiger partial charge in [0.1, 0.15) is 23.4 Å². The molecule has 1 unspecified atom stereocenters. The number of carbonyl (C=O) groups is 4. The average molecular weight is 783 g/mol. The summed E-state index contributed by atoms with van der Waals surface area (Å²) in [6, 6.07) is 21.1. The largest absolute Gasteiger partial charge is 0.494 e. The number of aromatic nitrogens is 3. The number of benzene rings is 3. The Hall–Kier alpha value is -6.08. The molecule has 5 aromatic rings. The van der Waals surface area contributed by atoms with E-state index in [4.69, 9.17) is 24.2 Å². The number of unbranched alkanes of at least 4 members (excludes halogenated alkanes) is 1. The first-order valence-corrected chi connectivity index (χ1v) is 20.3. The minimum Gasteiger partial charge on any atom is -0.494 e. The van der Waals surface area contributed by atoms with Crippen LogP contribution in [0.4, 0.5) is 0 Å². The Morgan fingerprint density at radius 2 is 1.67 bits per heavy atom. The number of fused-ring (bicyclic) bond motifs is 3. The highest BCUT2D eigenvalue weighted by Crippen LogP contribution is 2.38. The van der Waals surface area contributed by atoms with Crippen LogP contribution in [0, 0.1) is 0 Å². The molecule has 0 aliphatic carbocycles. The van der Waals surface area contributed by atoms with Gasteiger partial charge in [0.2, 0.25) is 17.7 Å². The molecule has 0 radical (unpaired) electrons. The summed E-state index contributed by atoms with van der Waals surface area (Å²) in [7, 11) is 0. The minimum absolute atomic E-state index is 0.0760. The fraction of sp³-hybridized carbons (Fsp3) is 0.378. The van der Waals surface area contributed by atoms with E-state index in [0.717, 1.165) is 102 Å². The summed E-state index contributed by atoms with van der Waals surface area (Å²) >= 11 is 0. The predicted molar refractivity (Wildman–Crippen MR) is 215 cm³/mol. The second-order valence-corrected chi connectivity index (χ2v) is 15.5. The number of rotatable bonds is 11. The van der Waals surface area contributed by atoms with Gasteiger partial charge in [0, 0.05) is 79.4 Å². The number of nitrogens with one attached hydrogen (secondary N) is 1. The lowest BCUT2D eigenvalue weighted by molar-refractivity contribution is -0.137. The van der Waals surface area contributed by atoms with Gasteiger partial charge in [-0.2, -0.15) is 0 Å². The number of hydrogen-bond acceptors (Lipinski definition) is 9. The van der Waals surface area contributed by atoms with Crippen molar-refractivity contribution in [2.24, 2.45) is 0 Å². The molecule has 4 aliphatic heterocycles. The van der Waals surface area contributed by atoms with Crippen molar-refractivity contribution in [2.45, 2.75) is 77.0 Å². The SMILES string of the molecule is CC(=O)N1CCn2c(C3CCOCC3)nc(-c3cccc4cc(-c5ccc(OCCCCOc6cccc7c6CN(C6CCC(=O)NC6=O)C7=O)cc5)ncc34)c2C1. The van der Waals surface area contributed by atoms with Crippen molar-refractivity contribution in [3.05, 3.63) is 95.6 Å². The molecular formula is C45H46N6O7. The zero-order chi connectivity index (χ0) is 39.8. The maximum atomic E-state index is 13.1. The third-order valence-electron chi connectivity index (χ3n) is 11.8. The molecule has 1 atom stereocenters. The van der Waals surface area contributed by atoms with E-state index in [2.05, 4.69) is 34.1 Å². The predicted octanol–water partition coefficient (Wildman–Crippen LogP) is 6.02. The first kappa shape index (κ1) is 37.5. The topological polar surface area (TPSA) is 145 Å². The molecule has 2 saturated heterocycles. The van der Waals surface area contributed by atoms with E-state index in [-0.39, 0.29) is 30.7 Å². The molecule has 2 fully saturated rings. The van der Waals surface area contributed by atoms with Gasteiger partial charge in [-0.05, 0) is 80.0 Å². The molecule has 4 amide bonds. The standard InChI is InChI=1S/C45H46N6O7/c1-28(52)49-18-19-50-39(27-49)42(48-43(50)30-16-22-56-23-17-30)33-7-4-6-31-24-37(46-25-35(31)33)29-10-12-32(13-11-29)57-20-2-3-21-58-40-9-5-8-34-36(40)26-51(45(34)55)38-14-15-41(53)47-44(38)54/h4-13,24-25,30,38H,2-3,14-23,26-27H2,1H3,(H,47,53,54). The molecule has 0 saturated carbocycles. The molecule has 0 bridgehead atoms.